The summed E-state index contributed by atoms with van der Waals surface area (Å²) in [6, 6.07) is 0. The third kappa shape index (κ3) is 11.5. The highest BCUT2D eigenvalue weighted by Crippen LogP contribution is 2.22. The van der Waals surface area contributed by atoms with Gasteiger partial charge in [0, 0.05) is 13.1 Å². The van der Waals surface area contributed by atoms with Gasteiger partial charge in [-0.3, -0.25) is 9.80 Å². The van der Waals surface area contributed by atoms with Gasteiger partial charge in [0.2, 0.25) is 0 Å². The summed E-state index contributed by atoms with van der Waals surface area (Å²) in [5.74, 6) is -0.824. The van der Waals surface area contributed by atoms with Crippen LogP contribution in [0.5, 0.6) is 0 Å². The molecule has 2 aliphatic rings. The second-order valence-electron chi connectivity index (χ2n) is 10.1. The monoisotopic (exact) mass is 446 g/mol. The lowest BCUT2D eigenvalue weighted by Crippen LogP contribution is -2.23. The molecule has 1 N–H and O–H groups in total. The standard InChI is InChI=1S/C28H50N2O2/c1-2-25(28(31)32)19-16-18-24-30-23-17-12-8-7-11-15-22-27(29-30)26-20-13-9-5-3-4-6-10-14-21-26/h20,25H,2-19,21-24H2,1H3,(H,31,32)/b26-20+,29-27-. The van der Waals surface area contributed by atoms with Crippen molar-refractivity contribution in [3.8, 4) is 0 Å². The van der Waals surface area contributed by atoms with Crippen LogP contribution in [0.1, 0.15) is 135 Å². The van der Waals surface area contributed by atoms with Gasteiger partial charge < -0.3 is 5.11 Å². The Kier molecular flexibility index (Phi) is 14.5. The molecule has 0 aromatic heterocycles. The number of carboxylic acids is 1. The molecule has 0 fully saturated rings. The lowest BCUT2D eigenvalue weighted by Gasteiger charge is -2.22. The van der Waals surface area contributed by atoms with Crippen LogP contribution in [-0.2, 0) is 4.79 Å². The summed E-state index contributed by atoms with van der Waals surface area (Å²) in [7, 11) is 0. The SMILES string of the molecule is CCC(CCCCN1CCCCCCCCC(/C2=C/CCCCCCCCC2)=N/1)C(=O)O. The van der Waals surface area contributed by atoms with Crippen molar-refractivity contribution in [3.05, 3.63) is 11.6 Å². The number of rotatable bonds is 8. The Morgan fingerprint density at radius 3 is 2.22 bits per heavy atom. The van der Waals surface area contributed by atoms with Gasteiger partial charge in [-0.15, -0.1) is 0 Å². The van der Waals surface area contributed by atoms with E-state index in [1.807, 2.05) is 6.92 Å². The van der Waals surface area contributed by atoms with Crippen molar-refractivity contribution >= 4 is 11.7 Å². The van der Waals surface area contributed by atoms with Crippen molar-refractivity contribution in [2.24, 2.45) is 11.0 Å². The largest absolute Gasteiger partial charge is 0.481 e. The van der Waals surface area contributed by atoms with Gasteiger partial charge >= 0.3 is 5.97 Å². The average molecular weight is 447 g/mol. The summed E-state index contributed by atoms with van der Waals surface area (Å²) in [6.45, 7) is 4.00. The van der Waals surface area contributed by atoms with Gasteiger partial charge in [-0.05, 0) is 69.8 Å². The van der Waals surface area contributed by atoms with Crippen LogP contribution in [0.3, 0.4) is 0 Å². The Labute approximate surface area is 197 Å². The Balaban J connectivity index is 2.05. The van der Waals surface area contributed by atoms with Gasteiger partial charge in [0.25, 0.3) is 0 Å². The van der Waals surface area contributed by atoms with Gasteiger partial charge in [-0.2, -0.15) is 5.10 Å². The van der Waals surface area contributed by atoms with Crippen LogP contribution in [0, 0.1) is 5.92 Å². The Hall–Kier alpha value is -1.32. The van der Waals surface area contributed by atoms with Crippen molar-refractivity contribution in [2.75, 3.05) is 13.1 Å². The molecular weight excluding hydrogens is 396 g/mol. The maximum absolute atomic E-state index is 11.3. The average Bonchev–Trinajstić information content (AvgIpc) is 2.88. The number of aliphatic carboxylic acids is 1. The van der Waals surface area contributed by atoms with Crippen molar-refractivity contribution in [1.29, 1.82) is 0 Å². The maximum atomic E-state index is 11.3. The zero-order valence-corrected chi connectivity index (χ0v) is 21.0. The zero-order valence-electron chi connectivity index (χ0n) is 21.0. The summed E-state index contributed by atoms with van der Waals surface area (Å²) < 4.78 is 0. The van der Waals surface area contributed by atoms with Crippen molar-refractivity contribution < 1.29 is 9.90 Å². The molecule has 4 heteroatoms. The van der Waals surface area contributed by atoms with Crippen LogP contribution in [0.4, 0.5) is 0 Å². The van der Waals surface area contributed by atoms with Crippen LogP contribution in [0.2, 0.25) is 0 Å². The zero-order chi connectivity index (χ0) is 22.9. The summed E-state index contributed by atoms with van der Waals surface area (Å²) in [5, 5.41) is 16.9. The first-order valence-corrected chi connectivity index (χ1v) is 14.0. The normalized spacial score (nSPS) is 24.7. The molecule has 0 radical (unpaired) electrons. The van der Waals surface area contributed by atoms with Crippen molar-refractivity contribution in [2.45, 2.75) is 135 Å². The summed E-state index contributed by atoms with van der Waals surface area (Å²) in [5.41, 5.74) is 2.90. The molecule has 1 aliphatic carbocycles. The predicted molar refractivity (Wildman–Crippen MR) is 136 cm³/mol. The van der Waals surface area contributed by atoms with E-state index in [2.05, 4.69) is 11.1 Å². The number of hydrogen-bond donors (Lipinski definition) is 1. The highest BCUT2D eigenvalue weighted by molar-refractivity contribution is 5.99. The van der Waals surface area contributed by atoms with Crippen LogP contribution in [0.25, 0.3) is 0 Å². The van der Waals surface area contributed by atoms with E-state index in [0.29, 0.717) is 0 Å². The second-order valence-corrected chi connectivity index (χ2v) is 10.1. The first kappa shape index (κ1) is 26.9. The topological polar surface area (TPSA) is 52.9 Å². The van der Waals surface area contributed by atoms with E-state index in [1.54, 1.807) is 0 Å². The van der Waals surface area contributed by atoms with E-state index >= 15 is 0 Å². The smallest absolute Gasteiger partial charge is 0.306 e. The number of allylic oxidation sites excluding steroid dienone is 2. The first-order valence-electron chi connectivity index (χ1n) is 14.0. The highest BCUT2D eigenvalue weighted by Gasteiger charge is 2.15. The van der Waals surface area contributed by atoms with Crippen molar-refractivity contribution in [3.63, 3.8) is 0 Å². The fourth-order valence-corrected chi connectivity index (χ4v) is 5.12. The molecule has 1 atom stereocenters. The summed E-state index contributed by atoms with van der Waals surface area (Å²) in [6.07, 6.45) is 27.0. The molecule has 0 bridgehead atoms. The minimum Gasteiger partial charge on any atom is -0.481 e. The maximum Gasteiger partial charge on any atom is 0.306 e. The molecule has 0 saturated heterocycles. The summed E-state index contributed by atoms with van der Waals surface area (Å²) in [4.78, 5) is 11.3. The fraction of sp³-hybridized carbons (Fsp3) is 0.857. The molecule has 32 heavy (non-hydrogen) atoms. The molecule has 2 rings (SSSR count). The number of nitrogens with zero attached hydrogens (tertiary/aromatic N) is 2. The molecule has 1 unspecified atom stereocenters. The number of unbranched alkanes of at least 4 members (excludes halogenated alkanes) is 1. The van der Waals surface area contributed by atoms with Crippen LogP contribution < -0.4 is 0 Å². The molecule has 4 nitrogen and oxygen atoms in total. The van der Waals surface area contributed by atoms with Crippen LogP contribution in [0.15, 0.2) is 16.8 Å². The van der Waals surface area contributed by atoms with Gasteiger partial charge in [0.15, 0.2) is 0 Å². The Morgan fingerprint density at radius 2 is 1.53 bits per heavy atom. The van der Waals surface area contributed by atoms with E-state index < -0.39 is 5.97 Å². The van der Waals surface area contributed by atoms with E-state index in [4.69, 9.17) is 5.10 Å². The lowest BCUT2D eigenvalue weighted by molar-refractivity contribution is -0.142. The number of hydrogen-bond acceptors (Lipinski definition) is 3. The number of hydrazone groups is 1. The lowest BCUT2D eigenvalue weighted by atomic mass is 9.97. The molecule has 1 aliphatic heterocycles. The van der Waals surface area contributed by atoms with E-state index in [9.17, 15) is 9.90 Å². The van der Waals surface area contributed by atoms with Gasteiger partial charge in [0.05, 0.1) is 11.6 Å². The first-order chi connectivity index (χ1) is 15.7. The summed E-state index contributed by atoms with van der Waals surface area (Å²) >= 11 is 0. The third-order valence-corrected chi connectivity index (χ3v) is 7.31. The van der Waals surface area contributed by atoms with E-state index in [1.165, 1.54) is 108 Å². The molecule has 0 amide bonds. The van der Waals surface area contributed by atoms with Crippen LogP contribution in [-0.4, -0.2) is 34.9 Å². The molecule has 0 spiro atoms. The van der Waals surface area contributed by atoms with E-state index in [-0.39, 0.29) is 5.92 Å². The fourth-order valence-electron chi connectivity index (χ4n) is 5.12. The van der Waals surface area contributed by atoms with E-state index in [0.717, 1.165) is 45.2 Å². The molecule has 184 valence electrons. The van der Waals surface area contributed by atoms with Gasteiger partial charge in [-0.25, -0.2) is 0 Å². The Morgan fingerprint density at radius 1 is 0.906 bits per heavy atom. The minimum absolute atomic E-state index is 0.186. The minimum atomic E-state index is -0.637. The Bertz CT molecular complexity index is 570. The van der Waals surface area contributed by atoms with Gasteiger partial charge in [0.1, 0.15) is 0 Å². The second kappa shape index (κ2) is 17.2. The molecular formula is C28H50N2O2. The molecule has 0 saturated carbocycles. The van der Waals surface area contributed by atoms with Crippen molar-refractivity contribution in [1.82, 2.24) is 5.01 Å². The quantitative estimate of drug-likeness (QED) is 0.383. The predicted octanol–water partition coefficient (Wildman–Crippen LogP) is 8.12. The van der Waals surface area contributed by atoms with Crippen LogP contribution >= 0.6 is 0 Å². The molecule has 0 aromatic rings. The van der Waals surface area contributed by atoms with Gasteiger partial charge in [-0.1, -0.05) is 77.2 Å². The third-order valence-electron chi connectivity index (χ3n) is 7.31. The molecule has 1 heterocycles. The molecule has 0 aromatic carbocycles. The highest BCUT2D eigenvalue weighted by atomic mass is 16.4. The number of carboxylic acid groups (broad SMARTS) is 1. The number of carbonyl (C=O) groups is 1.